The molecule has 3 rings (SSSR count). The average molecular weight is 414 g/mol. The summed E-state index contributed by atoms with van der Waals surface area (Å²) in [7, 11) is 0. The van der Waals surface area contributed by atoms with Crippen molar-refractivity contribution >= 4 is 23.3 Å². The summed E-state index contributed by atoms with van der Waals surface area (Å²) in [5, 5.41) is 29.9. The average Bonchev–Trinajstić information content (AvgIpc) is 2.74. The van der Waals surface area contributed by atoms with E-state index in [-0.39, 0.29) is 0 Å². The fourth-order valence-corrected chi connectivity index (χ4v) is 3.36. The van der Waals surface area contributed by atoms with E-state index in [1.54, 1.807) is 42.6 Å². The number of carbonyl (C=O) groups is 1. The van der Waals surface area contributed by atoms with Crippen molar-refractivity contribution in [3.8, 4) is 0 Å². The fourth-order valence-electron chi connectivity index (χ4n) is 3.16. The number of hydrogen-bond donors (Lipinski definition) is 5. The Kier molecular flexibility index (Phi) is 6.93. The summed E-state index contributed by atoms with van der Waals surface area (Å²) in [5.74, 6) is -0.966. The molecule has 0 saturated heterocycles. The molecule has 6 nitrogen and oxygen atoms in total. The Bertz CT molecular complexity index is 916. The van der Waals surface area contributed by atoms with E-state index < -0.39 is 17.6 Å². The molecule has 0 bridgehead atoms. The largest absolute Gasteiger partial charge is 0.479 e. The van der Waals surface area contributed by atoms with Gasteiger partial charge in [-0.15, -0.1) is 0 Å². The molecule has 29 heavy (non-hydrogen) atoms. The van der Waals surface area contributed by atoms with E-state index in [1.807, 2.05) is 30.3 Å². The molecule has 152 valence electrons. The maximum Gasteiger partial charge on any atom is 0.338 e. The second-order valence-electron chi connectivity index (χ2n) is 6.76. The number of carboxylic acids is 1. The molecule has 0 aromatic heterocycles. The molecule has 5 N–H and O–H groups in total. The number of hydrogen-bond acceptors (Lipinski definition) is 5. The van der Waals surface area contributed by atoms with Gasteiger partial charge in [-0.3, -0.25) is 0 Å². The summed E-state index contributed by atoms with van der Waals surface area (Å²) in [4.78, 5) is 11.9. The second kappa shape index (κ2) is 9.60. The standard InChI is InChI=1S/C22H24ClN3O3/c23-18-7-3-5-16(13-18)20(27)15-24-11-12-25-19-8-4-6-17(14-19)22(21(28)29)9-1-2-10-26-22/h1-10,13-14,20,24-27H,11-12,15H2,(H,28,29)/t20?,22-/m1/s1. The number of halogens is 1. The van der Waals surface area contributed by atoms with Gasteiger partial charge in [-0.05, 0) is 53.7 Å². The Balaban J connectivity index is 1.52. The summed E-state index contributed by atoms with van der Waals surface area (Å²) in [6.07, 6.45) is 6.10. The van der Waals surface area contributed by atoms with Crippen LogP contribution in [0.2, 0.25) is 5.02 Å². The van der Waals surface area contributed by atoms with Crippen LogP contribution in [0.4, 0.5) is 5.69 Å². The number of allylic oxidation sites excluding steroid dienone is 2. The van der Waals surface area contributed by atoms with Crippen molar-refractivity contribution < 1.29 is 15.0 Å². The first-order valence-electron chi connectivity index (χ1n) is 9.35. The molecule has 0 radical (unpaired) electrons. The van der Waals surface area contributed by atoms with Gasteiger partial charge in [-0.1, -0.05) is 41.9 Å². The molecule has 0 amide bonds. The third kappa shape index (κ3) is 5.17. The first-order chi connectivity index (χ1) is 14.0. The summed E-state index contributed by atoms with van der Waals surface area (Å²) in [6, 6.07) is 14.5. The second-order valence-corrected chi connectivity index (χ2v) is 7.19. The van der Waals surface area contributed by atoms with E-state index in [0.717, 1.165) is 11.3 Å². The van der Waals surface area contributed by atoms with Crippen molar-refractivity contribution in [2.75, 3.05) is 25.0 Å². The quantitative estimate of drug-likeness (QED) is 0.406. The van der Waals surface area contributed by atoms with Gasteiger partial charge in [0, 0.05) is 30.3 Å². The summed E-state index contributed by atoms with van der Waals surface area (Å²) in [5.41, 5.74) is 0.961. The predicted octanol–water partition coefficient (Wildman–Crippen LogP) is 3.03. The number of carboxylic acid groups (broad SMARTS) is 1. The van der Waals surface area contributed by atoms with Gasteiger partial charge in [0.25, 0.3) is 0 Å². The summed E-state index contributed by atoms with van der Waals surface area (Å²) < 4.78 is 0. The van der Waals surface area contributed by atoms with Crippen LogP contribution < -0.4 is 16.0 Å². The molecule has 0 fully saturated rings. The van der Waals surface area contributed by atoms with Gasteiger partial charge in [0.05, 0.1) is 6.10 Å². The van der Waals surface area contributed by atoms with Gasteiger partial charge in [-0.2, -0.15) is 0 Å². The third-order valence-corrected chi connectivity index (χ3v) is 4.96. The topological polar surface area (TPSA) is 93.6 Å². The Morgan fingerprint density at radius 3 is 2.69 bits per heavy atom. The molecule has 1 aliphatic heterocycles. The van der Waals surface area contributed by atoms with Gasteiger partial charge >= 0.3 is 5.97 Å². The number of aliphatic hydroxyl groups is 1. The molecule has 0 spiro atoms. The Labute approximate surface area is 174 Å². The molecular weight excluding hydrogens is 390 g/mol. The lowest BCUT2D eigenvalue weighted by atomic mass is 9.88. The minimum atomic E-state index is -1.27. The minimum Gasteiger partial charge on any atom is -0.479 e. The van der Waals surface area contributed by atoms with Crippen LogP contribution in [-0.4, -0.2) is 35.8 Å². The van der Waals surface area contributed by atoms with Crippen molar-refractivity contribution in [1.82, 2.24) is 10.6 Å². The van der Waals surface area contributed by atoms with Crippen LogP contribution >= 0.6 is 11.6 Å². The highest BCUT2D eigenvalue weighted by atomic mass is 35.5. The highest BCUT2D eigenvalue weighted by Gasteiger charge is 2.37. The maximum atomic E-state index is 11.9. The number of aliphatic hydroxyl groups excluding tert-OH is 1. The van der Waals surface area contributed by atoms with Crippen LogP contribution in [0.25, 0.3) is 0 Å². The zero-order valence-corrected chi connectivity index (χ0v) is 16.6. The first kappa shape index (κ1) is 20.9. The lowest BCUT2D eigenvalue weighted by Crippen LogP contribution is -2.46. The molecule has 2 aromatic rings. The van der Waals surface area contributed by atoms with E-state index in [9.17, 15) is 15.0 Å². The van der Waals surface area contributed by atoms with E-state index in [2.05, 4.69) is 16.0 Å². The van der Waals surface area contributed by atoms with E-state index in [0.29, 0.717) is 30.2 Å². The van der Waals surface area contributed by atoms with E-state index in [1.165, 1.54) is 0 Å². The summed E-state index contributed by atoms with van der Waals surface area (Å²) >= 11 is 5.95. The van der Waals surface area contributed by atoms with Gasteiger partial charge in [-0.25, -0.2) is 4.79 Å². The number of aliphatic carboxylic acids is 1. The number of nitrogens with one attached hydrogen (secondary N) is 3. The number of benzene rings is 2. The van der Waals surface area contributed by atoms with E-state index >= 15 is 0 Å². The molecule has 1 unspecified atom stereocenters. The SMILES string of the molecule is O=C(O)[C@]1(c2cccc(NCCNCC(O)c3cccc(Cl)c3)c2)C=CC=CN1. The van der Waals surface area contributed by atoms with Crippen LogP contribution in [-0.2, 0) is 10.3 Å². The van der Waals surface area contributed by atoms with Crippen molar-refractivity contribution in [3.63, 3.8) is 0 Å². The molecule has 0 saturated carbocycles. The van der Waals surface area contributed by atoms with Crippen molar-refractivity contribution in [3.05, 3.63) is 89.1 Å². The fraction of sp³-hybridized carbons (Fsp3) is 0.227. The molecule has 2 aromatic carbocycles. The molecule has 1 aliphatic rings. The van der Waals surface area contributed by atoms with E-state index in [4.69, 9.17) is 11.6 Å². The van der Waals surface area contributed by atoms with Crippen LogP contribution in [0.1, 0.15) is 17.2 Å². The van der Waals surface area contributed by atoms with Crippen LogP contribution in [0.15, 0.2) is 73.0 Å². The monoisotopic (exact) mass is 413 g/mol. The molecule has 2 atom stereocenters. The molecule has 1 heterocycles. The lowest BCUT2D eigenvalue weighted by Gasteiger charge is -2.29. The third-order valence-electron chi connectivity index (χ3n) is 4.72. The lowest BCUT2D eigenvalue weighted by molar-refractivity contribution is -0.142. The van der Waals surface area contributed by atoms with Crippen LogP contribution in [0.3, 0.4) is 0 Å². The highest BCUT2D eigenvalue weighted by molar-refractivity contribution is 6.30. The number of rotatable bonds is 9. The Hall–Kier alpha value is -2.80. The zero-order valence-electron chi connectivity index (χ0n) is 15.8. The zero-order chi connectivity index (χ0) is 20.7. The number of anilines is 1. The van der Waals surface area contributed by atoms with Gasteiger partial charge in [0.2, 0.25) is 0 Å². The van der Waals surface area contributed by atoms with Gasteiger partial charge in [0.1, 0.15) is 0 Å². The Morgan fingerprint density at radius 2 is 1.97 bits per heavy atom. The molecule has 0 aliphatic carbocycles. The molecular formula is C22H24ClN3O3. The van der Waals surface area contributed by atoms with Crippen molar-refractivity contribution in [2.45, 2.75) is 11.6 Å². The first-order valence-corrected chi connectivity index (χ1v) is 9.73. The minimum absolute atomic E-state index is 0.408. The number of dihydropyridines is 1. The highest BCUT2D eigenvalue weighted by Crippen LogP contribution is 2.27. The van der Waals surface area contributed by atoms with Crippen LogP contribution in [0.5, 0.6) is 0 Å². The van der Waals surface area contributed by atoms with Crippen molar-refractivity contribution in [1.29, 1.82) is 0 Å². The smallest absolute Gasteiger partial charge is 0.338 e. The normalized spacial score (nSPS) is 18.8. The Morgan fingerprint density at radius 1 is 1.14 bits per heavy atom. The molecule has 7 heteroatoms. The van der Waals surface area contributed by atoms with Gasteiger partial charge < -0.3 is 26.2 Å². The maximum absolute atomic E-state index is 11.9. The van der Waals surface area contributed by atoms with Crippen molar-refractivity contribution in [2.24, 2.45) is 0 Å². The predicted molar refractivity (Wildman–Crippen MR) is 115 cm³/mol. The van der Waals surface area contributed by atoms with Crippen LogP contribution in [0, 0.1) is 0 Å². The van der Waals surface area contributed by atoms with Gasteiger partial charge in [0.15, 0.2) is 5.54 Å². The summed E-state index contributed by atoms with van der Waals surface area (Å²) in [6.45, 7) is 1.66.